The van der Waals surface area contributed by atoms with Gasteiger partial charge < -0.3 is 29.9 Å². The predicted octanol–water partition coefficient (Wildman–Crippen LogP) is 2.95. The number of ether oxygens (including phenoxy) is 2. The van der Waals surface area contributed by atoms with E-state index in [1.165, 1.54) is 17.8 Å². The van der Waals surface area contributed by atoms with E-state index in [1.54, 1.807) is 49.4 Å². The molecule has 2 aliphatic rings. The van der Waals surface area contributed by atoms with Gasteiger partial charge in [0.05, 0.1) is 12.3 Å². The molecule has 14 heteroatoms. The van der Waals surface area contributed by atoms with Gasteiger partial charge >= 0.3 is 13.7 Å². The topological polar surface area (TPSA) is 180 Å². The van der Waals surface area contributed by atoms with Crippen LogP contribution in [0, 0.1) is 5.92 Å². The maximum Gasteiger partial charge on any atom is 0.459 e. The number of carbonyl (C=O) groups is 1. The molecule has 1 aromatic carbocycles. The maximum absolute atomic E-state index is 14.1. The summed E-state index contributed by atoms with van der Waals surface area (Å²) in [5.74, 6) is 0.107. The van der Waals surface area contributed by atoms with Gasteiger partial charge in [-0.25, -0.2) is 14.1 Å². The van der Waals surface area contributed by atoms with Gasteiger partial charge in [0.1, 0.15) is 53.1 Å². The Morgan fingerprint density at radius 2 is 1.93 bits per heavy atom. The summed E-state index contributed by atoms with van der Waals surface area (Å²) in [6.07, 6.45) is -0.609. The number of fused-ring (bicyclic) bond motifs is 1. The molecule has 5 rings (SSSR count). The number of hydrogen-bond acceptors (Lipinski definition) is 11. The first-order chi connectivity index (χ1) is 20.0. The molecule has 13 nitrogen and oxygen atoms in total. The zero-order chi connectivity index (χ0) is 30.3. The average Bonchev–Trinajstić information content (AvgIpc) is 3.35. The number of nitrogens with two attached hydrogens (primary N) is 1. The molecular weight excluding hydrogens is 565 g/mol. The van der Waals surface area contributed by atoms with Crippen molar-refractivity contribution in [2.75, 3.05) is 12.3 Å². The van der Waals surface area contributed by atoms with Gasteiger partial charge in [0.25, 0.3) is 0 Å². The van der Waals surface area contributed by atoms with Crippen molar-refractivity contribution in [3.8, 4) is 5.75 Å². The number of benzene rings is 1. The molecule has 1 saturated carbocycles. The molecule has 228 valence electrons. The van der Waals surface area contributed by atoms with Crippen molar-refractivity contribution in [2.45, 2.75) is 82.5 Å². The SMILES string of the molecule is CCC(CC)COC(=O)[C@H](C)N[P@](=O)(Oc1ccccc1)OC1CC12O[C@@](C)(c1ccc3c(N)ncnn13)[C@H](O)[C@@H]2O. The highest BCUT2D eigenvalue weighted by Crippen LogP contribution is 2.62. The summed E-state index contributed by atoms with van der Waals surface area (Å²) in [4.78, 5) is 16.8. The number of anilines is 1. The molecule has 2 aromatic heterocycles. The van der Waals surface area contributed by atoms with Gasteiger partial charge in [-0.3, -0.25) is 9.32 Å². The molecule has 0 amide bonds. The van der Waals surface area contributed by atoms with Gasteiger partial charge in [0.2, 0.25) is 0 Å². The van der Waals surface area contributed by atoms with Crippen LogP contribution in [0.2, 0.25) is 0 Å². The van der Waals surface area contributed by atoms with Crippen LogP contribution >= 0.6 is 7.75 Å². The number of aliphatic hydroxyl groups is 2. The number of hydrogen-bond donors (Lipinski definition) is 4. The standard InChI is InChI=1S/C28H38N5O8P/c1-5-18(6-2)15-38-26(36)17(3)32-42(37,39-19-10-8-7-9-11-19)40-22-14-28(22)24(35)23(34)27(4,41-28)21-13-12-20-25(29)30-16-31-33(20)21/h7-13,16-18,22-24,34-35H,5-6,14-15H2,1-4H3,(H,32,37)(H2,29,30,31)/t17-,22?,23+,24-,27-,28?,42-/m0/s1. The summed E-state index contributed by atoms with van der Waals surface area (Å²) in [6, 6.07) is 10.7. The molecule has 3 aromatic rings. The van der Waals surface area contributed by atoms with Gasteiger partial charge in [-0.05, 0) is 44.0 Å². The van der Waals surface area contributed by atoms with Crippen molar-refractivity contribution in [1.82, 2.24) is 19.7 Å². The number of para-hydroxylation sites is 1. The molecule has 1 saturated heterocycles. The zero-order valence-corrected chi connectivity index (χ0v) is 24.9. The second-order valence-electron chi connectivity index (χ2n) is 11.1. The number of aromatic nitrogens is 3. The van der Waals surface area contributed by atoms with Gasteiger partial charge in [-0.2, -0.15) is 10.2 Å². The number of nitrogens with zero attached hydrogens (tertiary/aromatic N) is 3. The first-order valence-corrected chi connectivity index (χ1v) is 15.6. The molecular formula is C28H38N5O8P. The molecule has 0 radical (unpaired) electrons. The molecule has 3 heterocycles. The van der Waals surface area contributed by atoms with E-state index in [4.69, 9.17) is 24.3 Å². The Bertz CT molecular complexity index is 1470. The van der Waals surface area contributed by atoms with Crippen LogP contribution in [0.3, 0.4) is 0 Å². The summed E-state index contributed by atoms with van der Waals surface area (Å²) >= 11 is 0. The fraction of sp³-hybridized carbons (Fsp3) is 0.536. The van der Waals surface area contributed by atoms with Crippen molar-refractivity contribution in [3.63, 3.8) is 0 Å². The number of nitrogens with one attached hydrogen (secondary N) is 1. The van der Waals surface area contributed by atoms with Gasteiger partial charge in [0.15, 0.2) is 5.82 Å². The van der Waals surface area contributed by atoms with Crippen molar-refractivity contribution < 1.29 is 38.1 Å². The lowest BCUT2D eigenvalue weighted by Gasteiger charge is -2.27. The van der Waals surface area contributed by atoms with Crippen LogP contribution < -0.4 is 15.3 Å². The van der Waals surface area contributed by atoms with E-state index >= 15 is 0 Å². The highest BCUT2D eigenvalue weighted by Gasteiger charge is 2.74. The van der Waals surface area contributed by atoms with Crippen LogP contribution in [-0.4, -0.2) is 67.3 Å². The van der Waals surface area contributed by atoms with Crippen LogP contribution in [0.1, 0.15) is 52.7 Å². The third-order valence-electron chi connectivity index (χ3n) is 8.20. The van der Waals surface area contributed by atoms with E-state index in [0.717, 1.165) is 12.8 Å². The Morgan fingerprint density at radius 3 is 2.62 bits per heavy atom. The molecule has 1 aliphatic carbocycles. The highest BCUT2D eigenvalue weighted by atomic mass is 31.2. The summed E-state index contributed by atoms with van der Waals surface area (Å²) in [6.45, 7) is 7.43. The molecule has 2 fully saturated rings. The minimum atomic E-state index is -4.24. The van der Waals surface area contributed by atoms with Crippen LogP contribution in [0.5, 0.6) is 5.75 Å². The summed E-state index contributed by atoms with van der Waals surface area (Å²) < 4.78 is 39.2. The normalized spacial score (nSPS) is 29.1. The van der Waals surface area contributed by atoms with Crippen LogP contribution in [-0.2, 0) is 29.0 Å². The maximum atomic E-state index is 14.1. The van der Waals surface area contributed by atoms with Crippen molar-refractivity contribution in [1.29, 1.82) is 0 Å². The predicted molar refractivity (Wildman–Crippen MR) is 152 cm³/mol. The lowest BCUT2D eigenvalue weighted by molar-refractivity contribution is -0.146. The Hall–Kier alpha value is -3.06. The monoisotopic (exact) mass is 603 g/mol. The fourth-order valence-corrected chi connectivity index (χ4v) is 7.12. The first kappa shape index (κ1) is 30.4. The number of carbonyl (C=O) groups excluding carboxylic acids is 1. The molecule has 5 N–H and O–H groups in total. The minimum absolute atomic E-state index is 0.110. The summed E-state index contributed by atoms with van der Waals surface area (Å²) in [5.41, 5.74) is 4.11. The Kier molecular flexibility index (Phi) is 8.36. The van der Waals surface area contributed by atoms with Crippen LogP contribution in [0.25, 0.3) is 5.52 Å². The first-order valence-electron chi connectivity index (χ1n) is 14.1. The van der Waals surface area contributed by atoms with Crippen molar-refractivity contribution in [3.05, 3.63) is 54.5 Å². The largest absolute Gasteiger partial charge is 0.464 e. The van der Waals surface area contributed by atoms with Crippen molar-refractivity contribution >= 4 is 25.1 Å². The van der Waals surface area contributed by atoms with E-state index < -0.39 is 49.3 Å². The highest BCUT2D eigenvalue weighted by molar-refractivity contribution is 7.52. The second-order valence-corrected chi connectivity index (χ2v) is 12.7. The lowest BCUT2D eigenvalue weighted by atomic mass is 9.93. The van der Waals surface area contributed by atoms with Gasteiger partial charge in [-0.1, -0.05) is 44.9 Å². The quantitative estimate of drug-likeness (QED) is 0.176. The smallest absolute Gasteiger partial charge is 0.459 e. The van der Waals surface area contributed by atoms with E-state index in [-0.39, 0.29) is 30.5 Å². The van der Waals surface area contributed by atoms with Crippen molar-refractivity contribution in [2.24, 2.45) is 5.92 Å². The van der Waals surface area contributed by atoms with Gasteiger partial charge in [0, 0.05) is 6.42 Å². The van der Waals surface area contributed by atoms with E-state index in [9.17, 15) is 19.6 Å². The van der Waals surface area contributed by atoms with Crippen LogP contribution in [0.15, 0.2) is 48.8 Å². The average molecular weight is 604 g/mol. The molecule has 0 bridgehead atoms. The number of nitrogen functional groups attached to an aromatic ring is 1. The zero-order valence-electron chi connectivity index (χ0n) is 24.0. The number of aliphatic hydroxyl groups excluding tert-OH is 2. The summed E-state index contributed by atoms with van der Waals surface area (Å²) in [5, 5.41) is 29.3. The van der Waals surface area contributed by atoms with Crippen LogP contribution in [0.4, 0.5) is 5.82 Å². The Labute approximate surface area is 243 Å². The molecule has 2 unspecified atom stereocenters. The molecule has 42 heavy (non-hydrogen) atoms. The lowest BCUT2D eigenvalue weighted by Crippen LogP contribution is -2.40. The summed E-state index contributed by atoms with van der Waals surface area (Å²) in [7, 11) is -4.24. The minimum Gasteiger partial charge on any atom is -0.464 e. The third-order valence-corrected chi connectivity index (χ3v) is 9.89. The molecule has 1 aliphatic heterocycles. The molecule has 7 atom stereocenters. The fourth-order valence-electron chi connectivity index (χ4n) is 5.40. The third kappa shape index (κ3) is 5.52. The van der Waals surface area contributed by atoms with E-state index in [2.05, 4.69) is 15.2 Å². The van der Waals surface area contributed by atoms with E-state index in [0.29, 0.717) is 11.2 Å². The second kappa shape index (κ2) is 11.6. The van der Waals surface area contributed by atoms with E-state index in [1.807, 2.05) is 13.8 Å². The molecule has 1 spiro atoms. The Balaban J connectivity index is 1.36. The Morgan fingerprint density at radius 1 is 1.21 bits per heavy atom. The van der Waals surface area contributed by atoms with Gasteiger partial charge in [-0.15, -0.1) is 0 Å². The number of esters is 1. The number of rotatable bonds is 12.